The number of pyridine rings is 1. The zero-order valence-electron chi connectivity index (χ0n) is 12.1. The molecule has 0 aliphatic rings. The van der Waals surface area contributed by atoms with E-state index >= 15 is 0 Å². The van der Waals surface area contributed by atoms with Crippen molar-refractivity contribution in [1.29, 1.82) is 0 Å². The Morgan fingerprint density at radius 3 is 3.00 bits per heavy atom. The van der Waals surface area contributed by atoms with Crippen molar-refractivity contribution in [2.24, 2.45) is 0 Å². The van der Waals surface area contributed by atoms with Gasteiger partial charge >= 0.3 is 0 Å². The molecule has 0 aliphatic heterocycles. The molecule has 3 N–H and O–H groups in total. The van der Waals surface area contributed by atoms with E-state index < -0.39 is 0 Å². The van der Waals surface area contributed by atoms with Crippen LogP contribution in [0, 0.1) is 0 Å². The van der Waals surface area contributed by atoms with E-state index in [1.807, 2.05) is 36.4 Å². The fraction of sp³-hybridized carbons (Fsp3) is 0.250. The molecule has 0 spiro atoms. The Morgan fingerprint density at radius 2 is 2.09 bits per heavy atom. The standard InChI is InChI=1S/C16H18N4O2/c21-8-10-22-9-7-18-15-11-12(5-6-17-15)16-13-3-1-2-4-14(13)19-20-16/h1-6,11,21H,7-10H2,(H,17,18)(H,19,20). The molecule has 0 saturated carbocycles. The van der Waals surface area contributed by atoms with E-state index in [2.05, 4.69) is 20.5 Å². The minimum absolute atomic E-state index is 0.0416. The van der Waals surface area contributed by atoms with Crippen LogP contribution in [0.2, 0.25) is 0 Å². The van der Waals surface area contributed by atoms with Gasteiger partial charge in [-0.1, -0.05) is 18.2 Å². The maximum atomic E-state index is 8.64. The molecule has 0 aliphatic carbocycles. The number of nitrogens with one attached hydrogen (secondary N) is 2. The maximum absolute atomic E-state index is 8.64. The van der Waals surface area contributed by atoms with Crippen LogP contribution in [0.4, 0.5) is 5.82 Å². The van der Waals surface area contributed by atoms with Gasteiger partial charge < -0.3 is 15.2 Å². The molecule has 0 radical (unpaired) electrons. The smallest absolute Gasteiger partial charge is 0.126 e. The number of aliphatic hydroxyl groups is 1. The molecule has 2 aromatic heterocycles. The average Bonchev–Trinajstić information content (AvgIpc) is 2.99. The number of ether oxygens (including phenoxy) is 1. The van der Waals surface area contributed by atoms with Gasteiger partial charge in [0.05, 0.1) is 25.3 Å². The first-order valence-corrected chi connectivity index (χ1v) is 7.20. The number of rotatable bonds is 7. The predicted molar refractivity (Wildman–Crippen MR) is 85.7 cm³/mol. The van der Waals surface area contributed by atoms with Gasteiger partial charge in [0.1, 0.15) is 11.5 Å². The highest BCUT2D eigenvalue weighted by atomic mass is 16.5. The Labute approximate surface area is 128 Å². The van der Waals surface area contributed by atoms with Crippen molar-refractivity contribution in [2.45, 2.75) is 0 Å². The molecule has 0 fully saturated rings. The monoisotopic (exact) mass is 298 g/mol. The summed E-state index contributed by atoms with van der Waals surface area (Å²) in [5, 5.41) is 20.4. The Balaban J connectivity index is 1.74. The van der Waals surface area contributed by atoms with Crippen molar-refractivity contribution < 1.29 is 9.84 Å². The van der Waals surface area contributed by atoms with Gasteiger partial charge in [0.25, 0.3) is 0 Å². The lowest BCUT2D eigenvalue weighted by Gasteiger charge is -2.07. The third-order valence-corrected chi connectivity index (χ3v) is 3.29. The summed E-state index contributed by atoms with van der Waals surface area (Å²) >= 11 is 0. The second-order valence-corrected chi connectivity index (χ2v) is 4.81. The summed E-state index contributed by atoms with van der Waals surface area (Å²) in [6.07, 6.45) is 1.76. The second kappa shape index (κ2) is 7.02. The molecule has 114 valence electrons. The lowest BCUT2D eigenvalue weighted by Crippen LogP contribution is -2.12. The van der Waals surface area contributed by atoms with Gasteiger partial charge in [0.2, 0.25) is 0 Å². The molecule has 0 amide bonds. The number of nitrogens with zero attached hydrogens (tertiary/aromatic N) is 2. The van der Waals surface area contributed by atoms with Crippen molar-refractivity contribution in [2.75, 3.05) is 31.7 Å². The molecular formula is C16H18N4O2. The van der Waals surface area contributed by atoms with Crippen LogP contribution >= 0.6 is 0 Å². The number of benzene rings is 1. The van der Waals surface area contributed by atoms with Crippen molar-refractivity contribution in [3.05, 3.63) is 42.6 Å². The van der Waals surface area contributed by atoms with Crippen LogP contribution in [0.3, 0.4) is 0 Å². The third-order valence-electron chi connectivity index (χ3n) is 3.29. The van der Waals surface area contributed by atoms with E-state index in [-0.39, 0.29) is 6.61 Å². The van der Waals surface area contributed by atoms with Crippen molar-refractivity contribution in [3.8, 4) is 11.3 Å². The van der Waals surface area contributed by atoms with Gasteiger partial charge in [0, 0.05) is 23.7 Å². The highest BCUT2D eigenvalue weighted by molar-refractivity contribution is 5.93. The third kappa shape index (κ3) is 3.24. The van der Waals surface area contributed by atoms with E-state index in [4.69, 9.17) is 9.84 Å². The zero-order valence-corrected chi connectivity index (χ0v) is 12.1. The molecule has 3 aromatic rings. The minimum Gasteiger partial charge on any atom is -0.394 e. The van der Waals surface area contributed by atoms with E-state index in [9.17, 15) is 0 Å². The van der Waals surface area contributed by atoms with Crippen LogP contribution < -0.4 is 5.32 Å². The van der Waals surface area contributed by atoms with Gasteiger partial charge in [-0.15, -0.1) is 0 Å². The van der Waals surface area contributed by atoms with Crippen LogP contribution in [0.5, 0.6) is 0 Å². The molecule has 0 unspecified atom stereocenters. The van der Waals surface area contributed by atoms with Crippen LogP contribution in [-0.4, -0.2) is 46.7 Å². The Bertz CT molecular complexity index is 742. The summed E-state index contributed by atoms with van der Waals surface area (Å²) in [7, 11) is 0. The summed E-state index contributed by atoms with van der Waals surface area (Å²) in [6, 6.07) is 11.9. The minimum atomic E-state index is 0.0416. The van der Waals surface area contributed by atoms with Crippen LogP contribution in [0.25, 0.3) is 22.2 Å². The number of para-hydroxylation sites is 1. The molecule has 1 aromatic carbocycles. The number of fused-ring (bicyclic) bond motifs is 1. The largest absolute Gasteiger partial charge is 0.394 e. The first-order valence-electron chi connectivity index (χ1n) is 7.20. The summed E-state index contributed by atoms with van der Waals surface area (Å²) in [6.45, 7) is 1.56. The van der Waals surface area contributed by atoms with Gasteiger partial charge in [0.15, 0.2) is 0 Å². The SMILES string of the molecule is OCCOCCNc1cc(-c2n[nH]c3ccccc23)ccn1. The number of aromatic nitrogens is 3. The molecule has 6 nitrogen and oxygen atoms in total. The maximum Gasteiger partial charge on any atom is 0.126 e. The van der Waals surface area contributed by atoms with E-state index in [0.29, 0.717) is 19.8 Å². The fourth-order valence-corrected chi connectivity index (χ4v) is 2.28. The normalized spacial score (nSPS) is 11.0. The van der Waals surface area contributed by atoms with Gasteiger partial charge in [-0.25, -0.2) is 4.98 Å². The fourth-order valence-electron chi connectivity index (χ4n) is 2.28. The number of anilines is 1. The predicted octanol–water partition coefficient (Wildman–Crippen LogP) is 2.05. The molecule has 22 heavy (non-hydrogen) atoms. The summed E-state index contributed by atoms with van der Waals surface area (Å²) in [5.41, 5.74) is 2.94. The van der Waals surface area contributed by atoms with Gasteiger partial charge in [-0.2, -0.15) is 5.10 Å². The first-order chi connectivity index (χ1) is 10.9. The first kappa shape index (κ1) is 14.5. The number of hydrogen-bond donors (Lipinski definition) is 3. The average molecular weight is 298 g/mol. The highest BCUT2D eigenvalue weighted by Crippen LogP contribution is 2.26. The number of aliphatic hydroxyl groups excluding tert-OH is 1. The van der Waals surface area contributed by atoms with E-state index in [0.717, 1.165) is 28.0 Å². The lowest BCUT2D eigenvalue weighted by molar-refractivity contribution is 0.0992. The van der Waals surface area contributed by atoms with Gasteiger partial charge in [-0.05, 0) is 18.2 Å². The summed E-state index contributed by atoms with van der Waals surface area (Å²) in [5.74, 6) is 0.775. The zero-order chi connectivity index (χ0) is 15.2. The molecule has 3 rings (SSSR count). The van der Waals surface area contributed by atoms with Crippen LogP contribution in [0.1, 0.15) is 0 Å². The second-order valence-electron chi connectivity index (χ2n) is 4.81. The number of hydrogen-bond acceptors (Lipinski definition) is 5. The van der Waals surface area contributed by atoms with Gasteiger partial charge in [-0.3, -0.25) is 5.10 Å². The molecule has 0 bridgehead atoms. The van der Waals surface area contributed by atoms with Crippen molar-refractivity contribution in [3.63, 3.8) is 0 Å². The summed E-state index contributed by atoms with van der Waals surface area (Å²) in [4.78, 5) is 4.29. The molecule has 0 saturated heterocycles. The van der Waals surface area contributed by atoms with Crippen LogP contribution in [0.15, 0.2) is 42.6 Å². The topological polar surface area (TPSA) is 83.1 Å². The van der Waals surface area contributed by atoms with Crippen LogP contribution in [-0.2, 0) is 4.74 Å². The molecule has 6 heteroatoms. The lowest BCUT2D eigenvalue weighted by atomic mass is 10.1. The Hall–Kier alpha value is -2.44. The number of H-pyrrole nitrogens is 1. The Kier molecular flexibility index (Phi) is 4.62. The van der Waals surface area contributed by atoms with E-state index in [1.54, 1.807) is 6.20 Å². The molecule has 0 atom stereocenters. The number of aromatic amines is 1. The highest BCUT2D eigenvalue weighted by Gasteiger charge is 2.08. The summed E-state index contributed by atoms with van der Waals surface area (Å²) < 4.78 is 5.21. The van der Waals surface area contributed by atoms with Crippen molar-refractivity contribution in [1.82, 2.24) is 15.2 Å². The Morgan fingerprint density at radius 1 is 1.18 bits per heavy atom. The molecular weight excluding hydrogens is 280 g/mol. The van der Waals surface area contributed by atoms with Crippen molar-refractivity contribution >= 4 is 16.7 Å². The van der Waals surface area contributed by atoms with E-state index in [1.165, 1.54) is 0 Å². The molecule has 2 heterocycles. The quantitative estimate of drug-likeness (QED) is 0.581.